The molecule has 4 fully saturated rings. The van der Waals surface area contributed by atoms with E-state index in [1.54, 1.807) is 0 Å². The number of nitrogens with zero attached hydrogens (tertiary/aromatic N) is 1. The van der Waals surface area contributed by atoms with Gasteiger partial charge in [-0.1, -0.05) is 20.8 Å². The molecule has 3 heteroatoms. The van der Waals surface area contributed by atoms with Gasteiger partial charge in [0.1, 0.15) is 0 Å². The van der Waals surface area contributed by atoms with Gasteiger partial charge in [0.2, 0.25) is 0 Å². The van der Waals surface area contributed by atoms with Crippen molar-refractivity contribution in [3.05, 3.63) is 0 Å². The molecule has 24 heavy (non-hydrogen) atoms. The lowest BCUT2D eigenvalue weighted by Crippen LogP contribution is -2.56. The fourth-order valence-corrected chi connectivity index (χ4v) is 6.29. The van der Waals surface area contributed by atoms with E-state index in [1.165, 1.54) is 58.0 Å². The topological polar surface area (TPSA) is 21.7 Å². The maximum absolute atomic E-state index is 6.33. The first-order chi connectivity index (χ1) is 11.5. The van der Waals surface area contributed by atoms with Gasteiger partial charge < -0.3 is 9.47 Å². The molecule has 1 aliphatic carbocycles. The zero-order valence-electron chi connectivity index (χ0n) is 16.1. The monoisotopic (exact) mass is 335 g/mol. The van der Waals surface area contributed by atoms with Crippen LogP contribution in [-0.4, -0.2) is 49.5 Å². The first-order valence-electron chi connectivity index (χ1n) is 10.5. The molecule has 0 bridgehead atoms. The lowest BCUT2D eigenvalue weighted by atomic mass is 9.65. The minimum Gasteiger partial charge on any atom is -0.381 e. The second kappa shape index (κ2) is 6.55. The fourth-order valence-electron chi connectivity index (χ4n) is 6.29. The quantitative estimate of drug-likeness (QED) is 0.772. The van der Waals surface area contributed by atoms with E-state index in [2.05, 4.69) is 25.7 Å². The van der Waals surface area contributed by atoms with Crippen LogP contribution in [0.2, 0.25) is 0 Å². The molecule has 0 aromatic rings. The molecule has 1 saturated carbocycles. The van der Waals surface area contributed by atoms with Gasteiger partial charge in [-0.2, -0.15) is 0 Å². The summed E-state index contributed by atoms with van der Waals surface area (Å²) in [6.07, 6.45) is 9.89. The summed E-state index contributed by atoms with van der Waals surface area (Å²) >= 11 is 0. The smallest absolute Gasteiger partial charge is 0.0619 e. The number of ether oxygens (including phenoxy) is 2. The molecule has 4 rings (SSSR count). The van der Waals surface area contributed by atoms with Crippen LogP contribution in [0.4, 0.5) is 0 Å². The van der Waals surface area contributed by atoms with E-state index < -0.39 is 0 Å². The molecule has 0 amide bonds. The van der Waals surface area contributed by atoms with Gasteiger partial charge >= 0.3 is 0 Å². The van der Waals surface area contributed by atoms with E-state index in [4.69, 9.17) is 9.47 Å². The maximum atomic E-state index is 6.33. The molecule has 3 unspecified atom stereocenters. The summed E-state index contributed by atoms with van der Waals surface area (Å²) in [4.78, 5) is 2.88. The molecule has 0 aromatic heterocycles. The highest BCUT2D eigenvalue weighted by atomic mass is 16.5. The third-order valence-electron chi connectivity index (χ3n) is 7.99. The van der Waals surface area contributed by atoms with Crippen LogP contribution in [0, 0.1) is 23.2 Å². The minimum atomic E-state index is 0.441. The van der Waals surface area contributed by atoms with Crippen LogP contribution in [0.3, 0.4) is 0 Å². The summed E-state index contributed by atoms with van der Waals surface area (Å²) in [6, 6.07) is 0. The van der Waals surface area contributed by atoms with Gasteiger partial charge in [-0.05, 0) is 69.2 Å². The van der Waals surface area contributed by atoms with Crippen molar-refractivity contribution in [3.63, 3.8) is 0 Å². The zero-order valence-corrected chi connectivity index (χ0v) is 16.1. The first kappa shape index (κ1) is 17.3. The molecule has 0 radical (unpaired) electrons. The molecule has 4 aliphatic rings. The molecular weight excluding hydrogens is 298 g/mol. The average Bonchev–Trinajstić information content (AvgIpc) is 3.10. The number of hydrogen-bond acceptors (Lipinski definition) is 3. The van der Waals surface area contributed by atoms with E-state index >= 15 is 0 Å². The van der Waals surface area contributed by atoms with Crippen molar-refractivity contribution < 1.29 is 9.47 Å². The van der Waals surface area contributed by atoms with E-state index in [0.717, 1.165) is 31.7 Å². The Morgan fingerprint density at radius 3 is 2.46 bits per heavy atom. The molecule has 0 N–H and O–H groups in total. The Morgan fingerprint density at radius 2 is 1.83 bits per heavy atom. The van der Waals surface area contributed by atoms with Crippen LogP contribution in [0.5, 0.6) is 0 Å². The Hall–Kier alpha value is -0.120. The van der Waals surface area contributed by atoms with E-state index in [0.29, 0.717) is 23.0 Å². The largest absolute Gasteiger partial charge is 0.381 e. The zero-order chi connectivity index (χ0) is 16.8. The molecule has 3 saturated heterocycles. The number of hydrogen-bond donors (Lipinski definition) is 0. The second-order valence-corrected chi connectivity index (χ2v) is 9.69. The van der Waals surface area contributed by atoms with E-state index in [-0.39, 0.29) is 0 Å². The normalized spacial score (nSPS) is 36.5. The molecule has 3 nitrogen and oxygen atoms in total. The van der Waals surface area contributed by atoms with Crippen molar-refractivity contribution in [2.24, 2.45) is 23.2 Å². The molecule has 3 atom stereocenters. The van der Waals surface area contributed by atoms with Crippen molar-refractivity contribution in [3.8, 4) is 0 Å². The average molecular weight is 336 g/mol. The van der Waals surface area contributed by atoms with Crippen LogP contribution >= 0.6 is 0 Å². The summed E-state index contributed by atoms with van der Waals surface area (Å²) in [7, 11) is 0. The van der Waals surface area contributed by atoms with Gasteiger partial charge in [0, 0.05) is 30.7 Å². The predicted octanol–water partition coefficient (Wildman–Crippen LogP) is 4.11. The highest BCUT2D eigenvalue weighted by Gasteiger charge is 2.53. The van der Waals surface area contributed by atoms with Gasteiger partial charge in [0.05, 0.1) is 12.7 Å². The van der Waals surface area contributed by atoms with Crippen molar-refractivity contribution in [1.29, 1.82) is 0 Å². The Kier molecular flexibility index (Phi) is 4.73. The van der Waals surface area contributed by atoms with Gasteiger partial charge in [-0.3, -0.25) is 4.90 Å². The van der Waals surface area contributed by atoms with Crippen molar-refractivity contribution in [1.82, 2.24) is 4.90 Å². The molecule has 138 valence electrons. The molecule has 2 spiro atoms. The maximum Gasteiger partial charge on any atom is 0.0619 e. The SMILES string of the molecule is CC(C)C1CCN(CC(C)C2CC3(CCOCC3)CO2)C12CCC2. The van der Waals surface area contributed by atoms with Gasteiger partial charge in [-0.15, -0.1) is 0 Å². The highest BCUT2D eigenvalue weighted by Crippen LogP contribution is 2.52. The highest BCUT2D eigenvalue weighted by molar-refractivity contribution is 5.08. The van der Waals surface area contributed by atoms with E-state index in [1.807, 2.05) is 0 Å². The number of likely N-dealkylation sites (tertiary alicyclic amines) is 1. The predicted molar refractivity (Wildman–Crippen MR) is 97.1 cm³/mol. The summed E-state index contributed by atoms with van der Waals surface area (Å²) in [5.41, 5.74) is 0.994. The summed E-state index contributed by atoms with van der Waals surface area (Å²) in [6.45, 7) is 12.7. The number of rotatable bonds is 4. The van der Waals surface area contributed by atoms with Gasteiger partial charge in [-0.25, -0.2) is 0 Å². The first-order valence-corrected chi connectivity index (χ1v) is 10.5. The Balaban J connectivity index is 1.37. The van der Waals surface area contributed by atoms with Crippen molar-refractivity contribution in [2.45, 2.75) is 77.4 Å². The Bertz CT molecular complexity index is 439. The second-order valence-electron chi connectivity index (χ2n) is 9.69. The third-order valence-corrected chi connectivity index (χ3v) is 7.99. The van der Waals surface area contributed by atoms with Crippen molar-refractivity contribution >= 4 is 0 Å². The summed E-state index contributed by atoms with van der Waals surface area (Å²) < 4.78 is 11.9. The van der Waals surface area contributed by atoms with Gasteiger partial charge in [0.25, 0.3) is 0 Å². The molecule has 3 heterocycles. The molecular formula is C21H37NO2. The van der Waals surface area contributed by atoms with Crippen LogP contribution < -0.4 is 0 Å². The Labute approximate surface area is 148 Å². The third kappa shape index (κ3) is 2.85. The van der Waals surface area contributed by atoms with Crippen LogP contribution in [0.1, 0.15) is 65.7 Å². The van der Waals surface area contributed by atoms with Crippen LogP contribution in [-0.2, 0) is 9.47 Å². The Morgan fingerprint density at radius 1 is 1.08 bits per heavy atom. The standard InChI is InChI=1S/C21H37NO2/c1-16(2)18-5-10-22(21(18)6-4-7-21)14-17(3)19-13-20(15-24-19)8-11-23-12-9-20/h16-19H,4-15H2,1-3H3. The van der Waals surface area contributed by atoms with Crippen molar-refractivity contribution in [2.75, 3.05) is 32.9 Å². The van der Waals surface area contributed by atoms with Crippen LogP contribution in [0.25, 0.3) is 0 Å². The van der Waals surface area contributed by atoms with Crippen LogP contribution in [0.15, 0.2) is 0 Å². The minimum absolute atomic E-state index is 0.441. The van der Waals surface area contributed by atoms with Gasteiger partial charge in [0.15, 0.2) is 0 Å². The summed E-state index contributed by atoms with van der Waals surface area (Å²) in [5, 5.41) is 0. The lowest BCUT2D eigenvalue weighted by Gasteiger charge is -2.51. The molecule has 0 aromatic carbocycles. The molecule has 3 aliphatic heterocycles. The van der Waals surface area contributed by atoms with E-state index in [9.17, 15) is 0 Å². The fraction of sp³-hybridized carbons (Fsp3) is 1.00. The lowest BCUT2D eigenvalue weighted by molar-refractivity contribution is -0.0229. The summed E-state index contributed by atoms with van der Waals surface area (Å²) in [5.74, 6) is 2.42.